The molecule has 0 atom stereocenters. The predicted molar refractivity (Wildman–Crippen MR) is 84.9 cm³/mol. The van der Waals surface area contributed by atoms with Gasteiger partial charge in [-0.25, -0.2) is 4.79 Å². The van der Waals surface area contributed by atoms with Crippen LogP contribution in [0.2, 0.25) is 0 Å². The largest absolute Gasteiger partial charge is 0.490 e. The van der Waals surface area contributed by atoms with Crippen molar-refractivity contribution >= 4 is 5.97 Å². The molecule has 0 bridgehead atoms. The average Bonchev–Trinajstić information content (AvgIpc) is 2.52. The molecule has 0 aromatic heterocycles. The van der Waals surface area contributed by atoms with Gasteiger partial charge in [-0.15, -0.1) is 0 Å². The molecule has 0 amide bonds. The highest BCUT2D eigenvalue weighted by Gasteiger charge is 2.38. The fourth-order valence-electron chi connectivity index (χ4n) is 3.06. The number of carboxylic acids is 1. The zero-order valence-electron chi connectivity index (χ0n) is 13.4. The first-order chi connectivity index (χ1) is 11.4. The topological polar surface area (TPSA) is 61.4 Å². The second-order valence-corrected chi connectivity index (χ2v) is 6.28. The number of carbonyl (C=O) groups is 1. The number of rotatable bonds is 3. The Bertz CT molecular complexity index is 510. The second-order valence-electron chi connectivity index (χ2n) is 6.28. The maximum atomic E-state index is 10.6. The fraction of sp³-hybridized carbons (Fsp3) is 0.588. The number of alkyl halides is 3. The van der Waals surface area contributed by atoms with E-state index in [2.05, 4.69) is 41.0 Å². The molecule has 2 aliphatic rings. The molecule has 0 spiro atoms. The summed E-state index contributed by atoms with van der Waals surface area (Å²) in [6.07, 6.45) is 0.301. The van der Waals surface area contributed by atoms with E-state index in [0.29, 0.717) is 0 Å². The van der Waals surface area contributed by atoms with Gasteiger partial charge in [0.2, 0.25) is 0 Å². The first-order valence-corrected chi connectivity index (χ1v) is 8.18. The molecule has 7 heteroatoms. The van der Waals surface area contributed by atoms with E-state index >= 15 is 0 Å². The third-order valence-corrected chi connectivity index (χ3v) is 4.49. The zero-order chi connectivity index (χ0) is 17.6. The summed E-state index contributed by atoms with van der Waals surface area (Å²) in [6.45, 7) is 2.33. The summed E-state index contributed by atoms with van der Waals surface area (Å²) >= 11 is 0. The highest BCUT2D eigenvalue weighted by molar-refractivity contribution is 5.73. The Balaban J connectivity index is 0.000000256. The highest BCUT2D eigenvalue weighted by Crippen LogP contribution is 2.32. The van der Waals surface area contributed by atoms with E-state index in [-0.39, 0.29) is 0 Å². The van der Waals surface area contributed by atoms with Gasteiger partial charge in [-0.05, 0) is 37.2 Å². The molecule has 1 heterocycles. The molecule has 1 aliphatic heterocycles. The molecule has 1 saturated carbocycles. The molecule has 3 N–H and O–H groups in total. The number of hydrogen-bond donors (Lipinski definition) is 3. The van der Waals surface area contributed by atoms with Crippen molar-refractivity contribution in [3.05, 3.63) is 35.9 Å². The van der Waals surface area contributed by atoms with Gasteiger partial charge in [0, 0.05) is 25.2 Å². The lowest BCUT2D eigenvalue weighted by molar-refractivity contribution is -0.192. The molecule has 4 nitrogen and oxygen atoms in total. The Morgan fingerprint density at radius 1 is 1.04 bits per heavy atom. The van der Waals surface area contributed by atoms with Gasteiger partial charge >= 0.3 is 12.1 Å². The van der Waals surface area contributed by atoms with Crippen LogP contribution in [0.4, 0.5) is 13.2 Å². The molecular formula is C17H23F3N2O2. The Morgan fingerprint density at radius 2 is 1.58 bits per heavy atom. The van der Waals surface area contributed by atoms with Gasteiger partial charge in [-0.2, -0.15) is 13.2 Å². The maximum absolute atomic E-state index is 10.6. The van der Waals surface area contributed by atoms with E-state index in [0.717, 1.165) is 18.0 Å². The van der Waals surface area contributed by atoms with Crippen LogP contribution < -0.4 is 10.6 Å². The van der Waals surface area contributed by atoms with Gasteiger partial charge in [-0.1, -0.05) is 30.3 Å². The van der Waals surface area contributed by atoms with E-state index in [9.17, 15) is 13.2 Å². The van der Waals surface area contributed by atoms with E-state index in [1.165, 1.54) is 44.3 Å². The molecule has 3 rings (SSSR count). The quantitative estimate of drug-likeness (QED) is 0.789. The average molecular weight is 344 g/mol. The lowest BCUT2D eigenvalue weighted by Gasteiger charge is -2.36. The van der Waals surface area contributed by atoms with Gasteiger partial charge in [0.25, 0.3) is 0 Å². The van der Waals surface area contributed by atoms with Crippen molar-refractivity contribution in [3.8, 4) is 0 Å². The molecule has 1 aliphatic carbocycles. The third-order valence-electron chi connectivity index (χ3n) is 4.49. The van der Waals surface area contributed by atoms with Crippen LogP contribution in [0.25, 0.3) is 0 Å². The zero-order valence-corrected chi connectivity index (χ0v) is 13.4. The molecule has 2 fully saturated rings. The van der Waals surface area contributed by atoms with Crippen molar-refractivity contribution in [3.63, 3.8) is 0 Å². The Morgan fingerprint density at radius 3 is 2.00 bits per heavy atom. The van der Waals surface area contributed by atoms with Crippen molar-refractivity contribution in [1.29, 1.82) is 0 Å². The van der Waals surface area contributed by atoms with Crippen molar-refractivity contribution in [1.82, 2.24) is 10.6 Å². The Kier molecular flexibility index (Phi) is 6.62. The normalized spacial score (nSPS) is 24.5. The molecule has 24 heavy (non-hydrogen) atoms. The summed E-state index contributed by atoms with van der Waals surface area (Å²) in [5.74, 6) is -1.96. The van der Waals surface area contributed by atoms with Crippen LogP contribution in [0.5, 0.6) is 0 Å². The molecule has 1 aromatic rings. The molecule has 134 valence electrons. The van der Waals surface area contributed by atoms with Crippen LogP contribution in [0.15, 0.2) is 30.3 Å². The minimum atomic E-state index is -5.08. The van der Waals surface area contributed by atoms with Gasteiger partial charge in [0.1, 0.15) is 0 Å². The minimum Gasteiger partial charge on any atom is -0.475 e. The second kappa shape index (κ2) is 8.48. The summed E-state index contributed by atoms with van der Waals surface area (Å²) in [5.41, 5.74) is 1.54. The molecule has 1 saturated heterocycles. The van der Waals surface area contributed by atoms with Crippen LogP contribution in [0.1, 0.15) is 37.2 Å². The summed E-state index contributed by atoms with van der Waals surface area (Å²) < 4.78 is 31.7. The van der Waals surface area contributed by atoms with Crippen LogP contribution in [0, 0.1) is 0 Å². The SMILES string of the molecule is O=C(O)C(F)(F)F.c1ccc(C2CCC(NC3CNC3)CC2)cc1. The standard InChI is InChI=1S/C15H22N2.C2HF3O2/c1-2-4-12(5-3-1)13-6-8-14(9-7-13)17-15-10-16-11-15;3-2(4,5)1(6)7/h1-5,13-17H,6-11H2;(H,6,7). The number of aliphatic carboxylic acids is 1. The molecule has 0 radical (unpaired) electrons. The smallest absolute Gasteiger partial charge is 0.475 e. The Labute approximate surface area is 139 Å². The third kappa shape index (κ3) is 5.79. The monoisotopic (exact) mass is 344 g/mol. The van der Waals surface area contributed by atoms with Crippen LogP contribution >= 0.6 is 0 Å². The summed E-state index contributed by atoms with van der Waals surface area (Å²) in [5, 5.41) is 14.2. The van der Waals surface area contributed by atoms with Crippen molar-refractivity contribution in [2.45, 2.75) is 49.9 Å². The highest BCUT2D eigenvalue weighted by atomic mass is 19.4. The minimum absolute atomic E-state index is 0.744. The number of halogens is 3. The lowest BCUT2D eigenvalue weighted by Crippen LogP contribution is -2.58. The predicted octanol–water partition coefficient (Wildman–Crippen LogP) is 2.91. The van der Waals surface area contributed by atoms with Crippen molar-refractivity contribution in [2.75, 3.05) is 13.1 Å². The van der Waals surface area contributed by atoms with E-state index in [1.54, 1.807) is 0 Å². The van der Waals surface area contributed by atoms with E-state index < -0.39 is 12.1 Å². The van der Waals surface area contributed by atoms with Crippen LogP contribution in [-0.2, 0) is 4.79 Å². The fourth-order valence-corrected chi connectivity index (χ4v) is 3.06. The maximum Gasteiger partial charge on any atom is 0.490 e. The van der Waals surface area contributed by atoms with Gasteiger partial charge in [0.05, 0.1) is 0 Å². The first kappa shape index (κ1) is 18.7. The van der Waals surface area contributed by atoms with E-state index in [1.807, 2.05) is 0 Å². The van der Waals surface area contributed by atoms with Crippen molar-refractivity contribution in [2.24, 2.45) is 0 Å². The Hall–Kier alpha value is -1.60. The van der Waals surface area contributed by atoms with Crippen molar-refractivity contribution < 1.29 is 23.1 Å². The molecular weight excluding hydrogens is 321 g/mol. The van der Waals surface area contributed by atoms with Crippen LogP contribution in [0.3, 0.4) is 0 Å². The number of hydrogen-bond acceptors (Lipinski definition) is 3. The summed E-state index contributed by atoms with van der Waals surface area (Å²) in [6, 6.07) is 12.5. The number of nitrogens with one attached hydrogen (secondary N) is 2. The number of benzene rings is 1. The molecule has 0 unspecified atom stereocenters. The summed E-state index contributed by atoms with van der Waals surface area (Å²) in [4.78, 5) is 8.90. The van der Waals surface area contributed by atoms with Gasteiger partial charge in [-0.3, -0.25) is 0 Å². The van der Waals surface area contributed by atoms with Crippen LogP contribution in [-0.4, -0.2) is 42.4 Å². The van der Waals surface area contributed by atoms with Gasteiger partial charge in [0.15, 0.2) is 0 Å². The summed E-state index contributed by atoms with van der Waals surface area (Å²) in [7, 11) is 0. The first-order valence-electron chi connectivity index (χ1n) is 8.18. The van der Waals surface area contributed by atoms with E-state index in [4.69, 9.17) is 9.90 Å². The number of carboxylic acid groups (broad SMARTS) is 1. The van der Waals surface area contributed by atoms with Gasteiger partial charge < -0.3 is 15.7 Å². The lowest BCUT2D eigenvalue weighted by atomic mass is 9.81. The molecule has 1 aromatic carbocycles.